The van der Waals surface area contributed by atoms with Gasteiger partial charge in [0, 0.05) is 5.56 Å². The molecule has 6 heteroatoms. The maximum atomic E-state index is 13.0. The lowest BCUT2D eigenvalue weighted by Gasteiger charge is -2.05. The van der Waals surface area contributed by atoms with E-state index >= 15 is 0 Å². The fourth-order valence-corrected chi connectivity index (χ4v) is 1.95. The number of carbonyl (C=O) groups excluding carboxylic acids is 1. The van der Waals surface area contributed by atoms with Crippen LogP contribution in [0.15, 0.2) is 54.6 Å². The molecule has 0 bridgehead atoms. The number of hydrogen-bond acceptors (Lipinski definition) is 3. The summed E-state index contributed by atoms with van der Waals surface area (Å²) >= 11 is 0. The summed E-state index contributed by atoms with van der Waals surface area (Å²) in [7, 11) is 0. The third-order valence-corrected chi connectivity index (χ3v) is 2.93. The Morgan fingerprint density at radius 3 is 2.33 bits per heavy atom. The molecular weight excluding hydrogens is 271 g/mol. The highest BCUT2D eigenvalue weighted by Crippen LogP contribution is 2.21. The third kappa shape index (κ3) is 2.51. The molecule has 0 atom stereocenters. The summed E-state index contributed by atoms with van der Waals surface area (Å²) in [5.41, 5.74) is 6.61. The lowest BCUT2D eigenvalue weighted by Crippen LogP contribution is -2.13. The summed E-state index contributed by atoms with van der Waals surface area (Å²) in [6, 6.07) is 15.0. The molecule has 0 unspecified atom stereocenters. The molecule has 0 aliphatic rings. The van der Waals surface area contributed by atoms with E-state index in [0.717, 1.165) is 5.56 Å². The van der Waals surface area contributed by atoms with Crippen LogP contribution in [0, 0.1) is 5.82 Å². The lowest BCUT2D eigenvalue weighted by molar-refractivity contribution is 0.0990. The van der Waals surface area contributed by atoms with Gasteiger partial charge in [0.1, 0.15) is 5.82 Å². The van der Waals surface area contributed by atoms with E-state index in [1.165, 1.54) is 16.8 Å². The molecule has 21 heavy (non-hydrogen) atoms. The maximum absolute atomic E-state index is 13.0. The fraction of sp³-hybridized carbons (Fsp3) is 0. The number of amides is 1. The van der Waals surface area contributed by atoms with Crippen LogP contribution < -0.4 is 5.73 Å². The van der Waals surface area contributed by atoms with E-state index in [1.54, 1.807) is 12.1 Å². The van der Waals surface area contributed by atoms with E-state index in [1.807, 2.05) is 30.3 Å². The molecule has 2 N–H and O–H groups in total. The Kier molecular flexibility index (Phi) is 3.19. The molecule has 0 aliphatic carbocycles. The largest absolute Gasteiger partial charge is 0.363 e. The van der Waals surface area contributed by atoms with E-state index in [4.69, 9.17) is 5.73 Å². The van der Waals surface area contributed by atoms with E-state index in [2.05, 4.69) is 10.1 Å². The van der Waals surface area contributed by atoms with E-state index in [-0.39, 0.29) is 11.6 Å². The highest BCUT2D eigenvalue weighted by Gasteiger charge is 2.16. The topological polar surface area (TPSA) is 73.8 Å². The second-order valence-electron chi connectivity index (χ2n) is 4.38. The normalized spacial score (nSPS) is 10.5. The number of carbonyl (C=O) groups is 1. The van der Waals surface area contributed by atoms with Crippen molar-refractivity contribution < 1.29 is 9.18 Å². The molecule has 0 radical (unpaired) electrons. The summed E-state index contributed by atoms with van der Waals surface area (Å²) in [5.74, 6) is -0.683. The van der Waals surface area contributed by atoms with Gasteiger partial charge in [-0.05, 0) is 24.3 Å². The molecule has 1 aromatic heterocycles. The molecule has 1 amide bonds. The summed E-state index contributed by atoms with van der Waals surface area (Å²) in [6.07, 6.45) is 0. The number of nitrogens with two attached hydrogens (primary N) is 1. The van der Waals surface area contributed by atoms with E-state index in [9.17, 15) is 9.18 Å². The number of nitrogens with zero attached hydrogens (tertiary/aromatic N) is 3. The summed E-state index contributed by atoms with van der Waals surface area (Å²) in [6.45, 7) is 0. The minimum absolute atomic E-state index is 0.0850. The fourth-order valence-electron chi connectivity index (χ4n) is 1.95. The van der Waals surface area contributed by atoms with Gasteiger partial charge < -0.3 is 5.73 Å². The quantitative estimate of drug-likeness (QED) is 0.800. The van der Waals surface area contributed by atoms with Gasteiger partial charge in [0.15, 0.2) is 5.82 Å². The molecule has 3 rings (SSSR count). The molecular formula is C15H11FN4O. The van der Waals surface area contributed by atoms with Crippen LogP contribution in [0.4, 0.5) is 4.39 Å². The van der Waals surface area contributed by atoms with Gasteiger partial charge in [-0.1, -0.05) is 30.3 Å². The van der Waals surface area contributed by atoms with Crippen molar-refractivity contribution in [2.75, 3.05) is 0 Å². The van der Waals surface area contributed by atoms with E-state index < -0.39 is 5.91 Å². The van der Waals surface area contributed by atoms with Gasteiger partial charge in [0.05, 0.1) is 5.69 Å². The van der Waals surface area contributed by atoms with Gasteiger partial charge in [-0.3, -0.25) is 4.79 Å². The van der Waals surface area contributed by atoms with E-state index in [0.29, 0.717) is 11.5 Å². The zero-order chi connectivity index (χ0) is 14.8. The zero-order valence-corrected chi connectivity index (χ0v) is 10.9. The Morgan fingerprint density at radius 2 is 1.71 bits per heavy atom. The van der Waals surface area contributed by atoms with Crippen LogP contribution in [-0.4, -0.2) is 20.7 Å². The first-order valence-electron chi connectivity index (χ1n) is 6.23. The molecule has 0 spiro atoms. The Labute approximate surface area is 119 Å². The van der Waals surface area contributed by atoms with Crippen molar-refractivity contribution in [1.82, 2.24) is 14.8 Å². The first kappa shape index (κ1) is 13.0. The van der Waals surface area contributed by atoms with Crippen LogP contribution in [0.2, 0.25) is 0 Å². The Hall–Kier alpha value is -3.02. The minimum atomic E-state index is -0.715. The van der Waals surface area contributed by atoms with Gasteiger partial charge in [0.25, 0.3) is 5.91 Å². The third-order valence-electron chi connectivity index (χ3n) is 2.93. The van der Waals surface area contributed by atoms with Crippen molar-refractivity contribution in [3.8, 4) is 17.1 Å². The van der Waals surface area contributed by atoms with Gasteiger partial charge in [-0.25, -0.2) is 14.1 Å². The van der Waals surface area contributed by atoms with Gasteiger partial charge in [-0.15, -0.1) is 5.10 Å². The molecule has 0 aliphatic heterocycles. The number of aromatic nitrogens is 3. The Balaban J connectivity index is 2.19. The first-order chi connectivity index (χ1) is 10.1. The van der Waals surface area contributed by atoms with Crippen molar-refractivity contribution in [1.29, 1.82) is 0 Å². The van der Waals surface area contributed by atoms with Crippen molar-refractivity contribution in [2.45, 2.75) is 0 Å². The second-order valence-corrected chi connectivity index (χ2v) is 4.38. The van der Waals surface area contributed by atoms with Crippen LogP contribution >= 0.6 is 0 Å². The highest BCUT2D eigenvalue weighted by atomic mass is 19.1. The number of halogens is 1. The summed E-state index contributed by atoms with van der Waals surface area (Å²) < 4.78 is 14.5. The van der Waals surface area contributed by atoms with Crippen LogP contribution in [-0.2, 0) is 0 Å². The van der Waals surface area contributed by atoms with Crippen LogP contribution in [0.3, 0.4) is 0 Å². The average molecular weight is 282 g/mol. The molecule has 5 nitrogen and oxygen atoms in total. The molecule has 2 aromatic carbocycles. The predicted octanol–water partition coefficient (Wildman–Crippen LogP) is 2.17. The molecule has 0 saturated heterocycles. The maximum Gasteiger partial charge on any atom is 0.288 e. The number of primary amides is 1. The number of hydrogen-bond donors (Lipinski definition) is 1. The summed E-state index contributed by atoms with van der Waals surface area (Å²) in [4.78, 5) is 15.5. The van der Waals surface area contributed by atoms with Gasteiger partial charge in [0.2, 0.25) is 5.82 Å². The molecule has 1 heterocycles. The SMILES string of the molecule is NC(=O)c1nc(-c2ccccc2)n(-c2ccc(F)cc2)n1. The van der Waals surface area contributed by atoms with Crippen molar-refractivity contribution in [3.63, 3.8) is 0 Å². The average Bonchev–Trinajstić information content (AvgIpc) is 2.94. The predicted molar refractivity (Wildman–Crippen MR) is 75.3 cm³/mol. The Bertz CT molecular complexity index is 781. The summed E-state index contributed by atoms with van der Waals surface area (Å²) in [5, 5.41) is 4.09. The van der Waals surface area contributed by atoms with Crippen LogP contribution in [0.5, 0.6) is 0 Å². The van der Waals surface area contributed by atoms with Gasteiger partial charge >= 0.3 is 0 Å². The highest BCUT2D eigenvalue weighted by molar-refractivity contribution is 5.89. The smallest absolute Gasteiger partial charge is 0.288 e. The van der Waals surface area contributed by atoms with Crippen molar-refractivity contribution in [2.24, 2.45) is 5.73 Å². The van der Waals surface area contributed by atoms with Crippen molar-refractivity contribution >= 4 is 5.91 Å². The molecule has 0 fully saturated rings. The number of benzene rings is 2. The molecule has 3 aromatic rings. The number of rotatable bonds is 3. The Morgan fingerprint density at radius 1 is 1.05 bits per heavy atom. The standard InChI is InChI=1S/C15H11FN4O/c16-11-6-8-12(9-7-11)20-15(10-4-2-1-3-5-10)18-14(19-20)13(17)21/h1-9H,(H2,17,21). The van der Waals surface area contributed by atoms with Gasteiger partial charge in [-0.2, -0.15) is 0 Å². The second kappa shape index (κ2) is 5.16. The molecule has 0 saturated carbocycles. The van der Waals surface area contributed by atoms with Crippen molar-refractivity contribution in [3.05, 3.63) is 66.2 Å². The lowest BCUT2D eigenvalue weighted by atomic mass is 10.2. The first-order valence-corrected chi connectivity index (χ1v) is 6.23. The zero-order valence-electron chi connectivity index (χ0n) is 10.9. The van der Waals surface area contributed by atoms with Crippen LogP contribution in [0.1, 0.15) is 10.6 Å². The minimum Gasteiger partial charge on any atom is -0.363 e. The monoisotopic (exact) mass is 282 g/mol. The molecule has 104 valence electrons. The van der Waals surface area contributed by atoms with Crippen LogP contribution in [0.25, 0.3) is 17.1 Å².